The molecule has 0 saturated heterocycles. The Bertz CT molecular complexity index is 2140. The number of aliphatic imine (C=N–C) groups is 1. The molecule has 6 nitrogen and oxygen atoms in total. The number of benzene rings is 5. The van der Waals surface area contributed by atoms with E-state index >= 15 is 0 Å². The maximum absolute atomic E-state index is 6.66. The molecule has 2 aliphatic carbocycles. The normalized spacial score (nSPS) is 26.3. The molecule has 2 aliphatic heterocycles. The molecule has 0 aromatic heterocycles. The van der Waals surface area contributed by atoms with Gasteiger partial charge < -0.3 is 26.4 Å². The van der Waals surface area contributed by atoms with Gasteiger partial charge >= 0.3 is 0 Å². The number of fused-ring (bicyclic) bond motifs is 4. The van der Waals surface area contributed by atoms with E-state index in [4.69, 9.17) is 21.2 Å². The SMILES string of the molecule is NC(OC(N)C1C=CC(C2CC(c3cccc(N4c5ccccc5C5C=CCCC54)c3)N=C(c3ccccc3)N2)CC1)c1ccc2ccccc2c1. The third-order valence-corrected chi connectivity index (χ3v) is 11.7. The van der Waals surface area contributed by atoms with Crippen LogP contribution in [0, 0.1) is 11.8 Å². The number of anilines is 2. The molecule has 52 heavy (non-hydrogen) atoms. The zero-order chi connectivity index (χ0) is 35.0. The van der Waals surface area contributed by atoms with E-state index in [-0.39, 0.29) is 18.0 Å². The molecule has 5 N–H and O–H groups in total. The van der Waals surface area contributed by atoms with E-state index in [9.17, 15) is 0 Å². The molecular weight excluding hydrogens is 639 g/mol. The van der Waals surface area contributed by atoms with Crippen molar-refractivity contribution >= 4 is 28.0 Å². The number of nitrogens with zero attached hydrogens (tertiary/aromatic N) is 2. The molecule has 4 aliphatic rings. The number of hydrogen-bond acceptors (Lipinski definition) is 6. The second-order valence-electron chi connectivity index (χ2n) is 14.9. The van der Waals surface area contributed by atoms with Gasteiger partial charge in [-0.3, -0.25) is 4.99 Å². The molecule has 2 heterocycles. The predicted molar refractivity (Wildman–Crippen MR) is 212 cm³/mol. The van der Waals surface area contributed by atoms with Gasteiger partial charge in [-0.15, -0.1) is 0 Å². The van der Waals surface area contributed by atoms with Crippen molar-refractivity contribution in [1.82, 2.24) is 5.32 Å². The number of amidine groups is 1. The van der Waals surface area contributed by atoms with Crippen molar-refractivity contribution in [1.29, 1.82) is 0 Å². The maximum atomic E-state index is 6.66. The van der Waals surface area contributed by atoms with Gasteiger partial charge in [0.25, 0.3) is 0 Å². The fourth-order valence-electron chi connectivity index (χ4n) is 8.97. The van der Waals surface area contributed by atoms with Gasteiger partial charge in [0, 0.05) is 40.9 Å². The van der Waals surface area contributed by atoms with E-state index in [1.807, 2.05) is 18.2 Å². The number of para-hydroxylation sites is 1. The van der Waals surface area contributed by atoms with Crippen LogP contribution in [0.3, 0.4) is 0 Å². The number of rotatable bonds is 8. The quantitative estimate of drug-likeness (QED) is 0.112. The highest BCUT2D eigenvalue weighted by atomic mass is 16.5. The molecule has 6 heteroatoms. The van der Waals surface area contributed by atoms with Crippen molar-refractivity contribution in [3.8, 4) is 0 Å². The highest BCUT2D eigenvalue weighted by Gasteiger charge is 2.39. The fourth-order valence-corrected chi connectivity index (χ4v) is 8.97. The topological polar surface area (TPSA) is 88.9 Å². The third-order valence-electron chi connectivity index (χ3n) is 11.7. The molecular formula is C46H47N5O. The number of hydrogen-bond donors (Lipinski definition) is 3. The summed E-state index contributed by atoms with van der Waals surface area (Å²) in [7, 11) is 0. The highest BCUT2D eigenvalue weighted by Crippen LogP contribution is 2.49. The van der Waals surface area contributed by atoms with Gasteiger partial charge in [-0.1, -0.05) is 121 Å². The lowest BCUT2D eigenvalue weighted by atomic mass is 9.80. The zero-order valence-electron chi connectivity index (χ0n) is 29.5. The van der Waals surface area contributed by atoms with Gasteiger partial charge in [0.05, 0.1) is 6.04 Å². The molecule has 0 amide bonds. The van der Waals surface area contributed by atoms with Crippen molar-refractivity contribution in [3.05, 3.63) is 168 Å². The average molecular weight is 686 g/mol. The van der Waals surface area contributed by atoms with Crippen LogP contribution < -0.4 is 21.7 Å². The average Bonchev–Trinajstić information content (AvgIpc) is 3.55. The largest absolute Gasteiger partial charge is 0.366 e. The van der Waals surface area contributed by atoms with Crippen LogP contribution in [0.1, 0.15) is 72.5 Å². The molecule has 8 unspecified atom stereocenters. The predicted octanol–water partition coefficient (Wildman–Crippen LogP) is 9.18. The Kier molecular flexibility index (Phi) is 8.97. The summed E-state index contributed by atoms with van der Waals surface area (Å²) >= 11 is 0. The lowest BCUT2D eigenvalue weighted by molar-refractivity contribution is -0.0320. The summed E-state index contributed by atoms with van der Waals surface area (Å²) in [6.07, 6.45) is 13.5. The molecule has 5 aromatic rings. The first-order valence-corrected chi connectivity index (χ1v) is 19.0. The standard InChI is InChI=1S/C46H47N5O/c47-44(52-45(48)36-26-21-30-11-4-5-14-34(30)27-36)32-24-22-31(23-25-32)40-29-41(50-46(49-40)33-12-2-1-3-13-33)35-15-10-16-37(28-35)51-42-19-8-6-17-38(42)39-18-7-9-20-43(39)51/h1-8,10-19,21-22,24,26-28,31-32,39-41,43-45H,9,20,23,25,29,47-48H2,(H,49,50). The Hall–Kier alpha value is -5.01. The van der Waals surface area contributed by atoms with Crippen molar-refractivity contribution in [2.24, 2.45) is 28.3 Å². The highest BCUT2D eigenvalue weighted by molar-refractivity contribution is 5.99. The van der Waals surface area contributed by atoms with Gasteiger partial charge in [-0.25, -0.2) is 0 Å². The minimum absolute atomic E-state index is 0.0398. The van der Waals surface area contributed by atoms with Crippen LogP contribution in [-0.4, -0.2) is 24.1 Å². The van der Waals surface area contributed by atoms with Gasteiger partial charge in [0.1, 0.15) is 18.3 Å². The Morgan fingerprint density at radius 2 is 1.58 bits per heavy atom. The minimum atomic E-state index is -0.582. The van der Waals surface area contributed by atoms with Gasteiger partial charge in [0.2, 0.25) is 0 Å². The lowest BCUT2D eigenvalue weighted by Gasteiger charge is -2.37. The summed E-state index contributed by atoms with van der Waals surface area (Å²) in [6.45, 7) is 0. The van der Waals surface area contributed by atoms with E-state index in [1.165, 1.54) is 27.9 Å². The van der Waals surface area contributed by atoms with Crippen molar-refractivity contribution in [2.45, 2.75) is 68.6 Å². The zero-order valence-corrected chi connectivity index (χ0v) is 29.5. The lowest BCUT2D eigenvalue weighted by Crippen LogP contribution is -2.46. The Morgan fingerprint density at radius 3 is 2.44 bits per heavy atom. The summed E-state index contributed by atoms with van der Waals surface area (Å²) in [6, 6.07) is 43.9. The van der Waals surface area contributed by atoms with Crippen molar-refractivity contribution < 1.29 is 4.74 Å². The Labute approximate surface area is 306 Å². The summed E-state index contributed by atoms with van der Waals surface area (Å²) in [5.41, 5.74) is 20.5. The van der Waals surface area contributed by atoms with Crippen molar-refractivity contribution in [3.63, 3.8) is 0 Å². The summed E-state index contributed by atoms with van der Waals surface area (Å²) in [4.78, 5) is 7.97. The summed E-state index contributed by atoms with van der Waals surface area (Å²) < 4.78 is 6.23. The molecule has 0 spiro atoms. The molecule has 0 radical (unpaired) electrons. The van der Waals surface area contributed by atoms with Crippen LogP contribution >= 0.6 is 0 Å². The first-order chi connectivity index (χ1) is 25.6. The Morgan fingerprint density at radius 1 is 0.750 bits per heavy atom. The van der Waals surface area contributed by atoms with Crippen LogP contribution in [0.4, 0.5) is 11.4 Å². The molecule has 9 rings (SSSR count). The second-order valence-corrected chi connectivity index (χ2v) is 14.9. The molecule has 0 bridgehead atoms. The number of allylic oxidation sites excluding steroid dienone is 1. The van der Waals surface area contributed by atoms with Crippen LogP contribution in [0.25, 0.3) is 10.8 Å². The van der Waals surface area contributed by atoms with E-state index in [0.717, 1.165) is 54.5 Å². The maximum Gasteiger partial charge on any atom is 0.133 e. The van der Waals surface area contributed by atoms with Crippen LogP contribution in [0.2, 0.25) is 0 Å². The third kappa shape index (κ3) is 6.36. The van der Waals surface area contributed by atoms with Crippen LogP contribution in [0.5, 0.6) is 0 Å². The molecule has 0 saturated carbocycles. The smallest absolute Gasteiger partial charge is 0.133 e. The number of ether oxygens (including phenoxy) is 1. The van der Waals surface area contributed by atoms with Crippen LogP contribution in [0.15, 0.2) is 151 Å². The van der Waals surface area contributed by atoms with Gasteiger partial charge in [-0.05, 0) is 89.8 Å². The summed E-state index contributed by atoms with van der Waals surface area (Å²) in [5.74, 6) is 1.85. The second kappa shape index (κ2) is 14.2. The first-order valence-electron chi connectivity index (χ1n) is 19.0. The monoisotopic (exact) mass is 685 g/mol. The van der Waals surface area contributed by atoms with Gasteiger partial charge in [0.15, 0.2) is 0 Å². The summed E-state index contributed by atoms with van der Waals surface area (Å²) in [5, 5.41) is 6.20. The molecule has 0 fully saturated rings. The van der Waals surface area contributed by atoms with Crippen molar-refractivity contribution in [2.75, 3.05) is 4.90 Å². The van der Waals surface area contributed by atoms with E-state index in [2.05, 4.69) is 138 Å². The van der Waals surface area contributed by atoms with Crippen LogP contribution in [-0.2, 0) is 4.74 Å². The Balaban J connectivity index is 0.941. The van der Waals surface area contributed by atoms with E-state index in [1.54, 1.807) is 0 Å². The number of nitrogens with one attached hydrogen (secondary N) is 1. The minimum Gasteiger partial charge on any atom is -0.366 e. The van der Waals surface area contributed by atoms with E-state index < -0.39 is 12.5 Å². The fraction of sp³-hybridized carbons (Fsp3) is 0.283. The van der Waals surface area contributed by atoms with Gasteiger partial charge in [-0.2, -0.15) is 0 Å². The number of nitrogens with two attached hydrogens (primary N) is 2. The van der Waals surface area contributed by atoms with E-state index in [0.29, 0.717) is 17.9 Å². The first kappa shape index (κ1) is 32.9. The molecule has 8 atom stereocenters. The molecule has 262 valence electrons. The molecule has 5 aromatic carbocycles.